The normalized spacial score (nSPS) is 26.5. The van der Waals surface area contributed by atoms with Crippen LogP contribution < -0.4 is 5.32 Å². The number of aryl methyl sites for hydroxylation is 2. The van der Waals surface area contributed by atoms with E-state index in [0.717, 1.165) is 12.8 Å². The Labute approximate surface area is 203 Å². The summed E-state index contributed by atoms with van der Waals surface area (Å²) in [5, 5.41) is 8.30. The van der Waals surface area contributed by atoms with Gasteiger partial charge in [-0.2, -0.15) is 5.10 Å². The second kappa shape index (κ2) is 8.00. The van der Waals surface area contributed by atoms with E-state index in [1.807, 2.05) is 0 Å². The molecule has 1 aliphatic heterocycles. The predicted octanol–water partition coefficient (Wildman–Crippen LogP) is 2.91. The van der Waals surface area contributed by atoms with Crippen molar-refractivity contribution < 1.29 is 14.4 Å². The Morgan fingerprint density at radius 3 is 2.69 bits per heavy atom. The molecule has 0 bridgehead atoms. The minimum absolute atomic E-state index is 0.0167. The van der Waals surface area contributed by atoms with Gasteiger partial charge < -0.3 is 10.2 Å². The first kappa shape index (κ1) is 21.9. The second-order valence-electron chi connectivity index (χ2n) is 10.4. The highest BCUT2D eigenvalue weighted by molar-refractivity contribution is 6.04. The van der Waals surface area contributed by atoms with Crippen LogP contribution in [0.1, 0.15) is 59.3 Å². The van der Waals surface area contributed by atoms with E-state index in [9.17, 15) is 14.4 Å². The van der Waals surface area contributed by atoms with E-state index in [2.05, 4.69) is 47.4 Å². The highest BCUT2D eigenvalue weighted by Gasteiger charge is 2.56. The number of hydrogen-bond acceptors (Lipinski definition) is 5. The van der Waals surface area contributed by atoms with Gasteiger partial charge >= 0.3 is 0 Å². The summed E-state index contributed by atoms with van der Waals surface area (Å²) in [6.45, 7) is 5.66. The number of piperidine rings is 1. The van der Waals surface area contributed by atoms with Crippen molar-refractivity contribution in [3.63, 3.8) is 0 Å². The Kier molecular flexibility index (Phi) is 5.02. The van der Waals surface area contributed by atoms with Gasteiger partial charge in [0.15, 0.2) is 5.78 Å². The summed E-state index contributed by atoms with van der Waals surface area (Å²) in [6.07, 6.45) is 5.83. The zero-order valence-corrected chi connectivity index (χ0v) is 20.2. The van der Waals surface area contributed by atoms with E-state index in [-0.39, 0.29) is 36.2 Å². The monoisotopic (exact) mass is 471 g/mol. The Hall–Kier alpha value is -3.55. The smallest absolute Gasteiger partial charge is 0.245 e. The number of Topliss-reactive ketones (excluding diaryl/α,β-unsaturated/α-hetero) is 1. The van der Waals surface area contributed by atoms with Crippen LogP contribution in [0, 0.1) is 19.8 Å². The van der Waals surface area contributed by atoms with Gasteiger partial charge in [0.1, 0.15) is 18.3 Å². The molecule has 2 amide bonds. The van der Waals surface area contributed by atoms with E-state index >= 15 is 0 Å². The number of aromatic nitrogens is 3. The van der Waals surface area contributed by atoms with Crippen molar-refractivity contribution in [2.75, 3.05) is 0 Å². The molecule has 0 radical (unpaired) electrons. The molecule has 1 aromatic carbocycles. The topological polar surface area (TPSA) is 97.2 Å². The van der Waals surface area contributed by atoms with Crippen LogP contribution in [0.3, 0.4) is 0 Å². The lowest BCUT2D eigenvalue weighted by molar-refractivity contribution is -0.140. The first-order valence-electron chi connectivity index (χ1n) is 12.3. The first-order valence-corrected chi connectivity index (χ1v) is 12.3. The number of likely N-dealkylation sites (tertiary alicyclic amines) is 1. The number of hydrogen-bond donors (Lipinski definition) is 1. The van der Waals surface area contributed by atoms with Crippen LogP contribution in [0.2, 0.25) is 0 Å². The number of nitrogens with one attached hydrogen (secondary N) is 1. The van der Waals surface area contributed by atoms with E-state index in [0.29, 0.717) is 34.9 Å². The van der Waals surface area contributed by atoms with Crippen LogP contribution in [0.25, 0.3) is 10.9 Å². The fraction of sp³-hybridized carbons (Fsp3) is 0.444. The molecule has 2 aromatic heterocycles. The number of pyridine rings is 1. The number of nitrogens with zero attached hydrogens (tertiary/aromatic N) is 4. The van der Waals surface area contributed by atoms with Crippen molar-refractivity contribution >= 4 is 28.5 Å². The van der Waals surface area contributed by atoms with Crippen LogP contribution in [0.15, 0.2) is 36.7 Å². The Morgan fingerprint density at radius 2 is 1.91 bits per heavy atom. The number of benzene rings is 1. The zero-order chi connectivity index (χ0) is 24.4. The van der Waals surface area contributed by atoms with E-state index in [1.165, 1.54) is 23.6 Å². The van der Waals surface area contributed by atoms with Crippen LogP contribution in [0.4, 0.5) is 0 Å². The van der Waals surface area contributed by atoms with Crippen LogP contribution in [0.5, 0.6) is 0 Å². The number of amides is 2. The number of rotatable bonds is 6. The van der Waals surface area contributed by atoms with Crippen molar-refractivity contribution in [2.45, 2.75) is 70.6 Å². The van der Waals surface area contributed by atoms with Gasteiger partial charge in [-0.1, -0.05) is 18.2 Å². The van der Waals surface area contributed by atoms with Gasteiger partial charge in [-0.3, -0.25) is 24.0 Å². The van der Waals surface area contributed by atoms with E-state index in [1.54, 1.807) is 28.0 Å². The van der Waals surface area contributed by atoms with Crippen LogP contribution in [-0.4, -0.2) is 55.4 Å². The quantitative estimate of drug-likeness (QED) is 0.558. The van der Waals surface area contributed by atoms with Crippen molar-refractivity contribution in [3.8, 4) is 0 Å². The molecule has 8 nitrogen and oxygen atoms in total. The molecule has 3 aromatic rings. The fourth-order valence-corrected chi connectivity index (χ4v) is 5.66. The lowest BCUT2D eigenvalue weighted by Gasteiger charge is -2.27. The summed E-state index contributed by atoms with van der Waals surface area (Å²) in [7, 11) is 0. The molecule has 8 heteroatoms. The van der Waals surface area contributed by atoms with Crippen molar-refractivity contribution in [1.29, 1.82) is 0 Å². The first-order chi connectivity index (χ1) is 16.8. The maximum atomic E-state index is 13.4. The second-order valence-corrected chi connectivity index (χ2v) is 10.4. The summed E-state index contributed by atoms with van der Waals surface area (Å²) >= 11 is 0. The molecule has 35 heavy (non-hydrogen) atoms. The highest BCUT2D eigenvalue weighted by atomic mass is 16.2. The SMILES string of the molecule is CC(=O)c1nn(CC(=O)N2C3C[C@@H]3C[C@H]2C(=O)NC2CC2c2ccc(C)c(C)c2)c2cnccc12. The Bertz CT molecular complexity index is 1380. The third-order valence-corrected chi connectivity index (χ3v) is 7.94. The van der Waals surface area contributed by atoms with Gasteiger partial charge in [0.05, 0.1) is 11.7 Å². The molecule has 5 atom stereocenters. The van der Waals surface area contributed by atoms with Gasteiger partial charge in [-0.05, 0) is 61.8 Å². The molecule has 1 N–H and O–H groups in total. The molecule has 0 spiro atoms. The Morgan fingerprint density at radius 1 is 1.09 bits per heavy atom. The molecule has 6 rings (SSSR count). The van der Waals surface area contributed by atoms with Gasteiger partial charge in [0, 0.05) is 36.5 Å². The summed E-state index contributed by atoms with van der Waals surface area (Å²) < 4.78 is 1.54. The van der Waals surface area contributed by atoms with Crippen molar-refractivity contribution in [3.05, 3.63) is 59.0 Å². The summed E-state index contributed by atoms with van der Waals surface area (Å²) in [6, 6.07) is 8.05. The maximum Gasteiger partial charge on any atom is 0.245 e. The third kappa shape index (κ3) is 3.81. The molecule has 2 aliphatic carbocycles. The number of ketones is 1. The average Bonchev–Trinajstić information content (AvgIpc) is 3.71. The summed E-state index contributed by atoms with van der Waals surface area (Å²) in [5.74, 6) is 0.383. The average molecular weight is 472 g/mol. The zero-order valence-electron chi connectivity index (χ0n) is 20.2. The molecule has 1 saturated heterocycles. The summed E-state index contributed by atoms with van der Waals surface area (Å²) in [4.78, 5) is 44.6. The minimum atomic E-state index is -0.445. The van der Waals surface area contributed by atoms with E-state index in [4.69, 9.17) is 0 Å². The van der Waals surface area contributed by atoms with Crippen molar-refractivity contribution in [1.82, 2.24) is 25.0 Å². The lowest BCUT2D eigenvalue weighted by Crippen LogP contribution is -2.49. The highest BCUT2D eigenvalue weighted by Crippen LogP contribution is 2.48. The molecule has 3 unspecified atom stereocenters. The maximum absolute atomic E-state index is 13.4. The Balaban J connectivity index is 1.16. The van der Waals surface area contributed by atoms with Gasteiger partial charge in [0.2, 0.25) is 11.8 Å². The molecule has 3 heterocycles. The predicted molar refractivity (Wildman–Crippen MR) is 130 cm³/mol. The third-order valence-electron chi connectivity index (χ3n) is 7.94. The molecular weight excluding hydrogens is 442 g/mol. The van der Waals surface area contributed by atoms with Crippen molar-refractivity contribution in [2.24, 2.45) is 5.92 Å². The molecule has 180 valence electrons. The summed E-state index contributed by atoms with van der Waals surface area (Å²) in [5.41, 5.74) is 4.78. The van der Waals surface area contributed by atoms with E-state index < -0.39 is 6.04 Å². The van der Waals surface area contributed by atoms with Gasteiger partial charge in [0.25, 0.3) is 0 Å². The number of carbonyl (C=O) groups excluding carboxylic acids is 3. The largest absolute Gasteiger partial charge is 0.351 e. The van der Waals surface area contributed by atoms with Crippen LogP contribution in [-0.2, 0) is 16.1 Å². The van der Waals surface area contributed by atoms with Gasteiger partial charge in [-0.15, -0.1) is 0 Å². The number of carbonyl (C=O) groups is 3. The lowest BCUT2D eigenvalue weighted by atomic mass is 10.0. The fourth-order valence-electron chi connectivity index (χ4n) is 5.66. The number of fused-ring (bicyclic) bond motifs is 2. The molecular formula is C27H29N5O3. The molecule has 3 fully saturated rings. The molecule has 2 saturated carbocycles. The minimum Gasteiger partial charge on any atom is -0.351 e. The standard InChI is InChI=1S/C27H29N5O3/c1-14-4-5-17(8-15(14)2)20-11-21(20)29-27(35)23-10-18-9-22(18)32(23)25(34)13-31-24-12-28-7-6-19(24)26(30-31)16(3)33/h4-8,12,18,20-23H,9-11,13H2,1-3H3,(H,29,35)/t18-,20?,21?,22?,23+/m1/s1. The van der Waals surface area contributed by atoms with Gasteiger partial charge in [-0.25, -0.2) is 0 Å². The van der Waals surface area contributed by atoms with Crippen LogP contribution >= 0.6 is 0 Å². The molecule has 3 aliphatic rings.